The number of nitrogens with zero attached hydrogens (tertiary/aromatic N) is 2. The predicted octanol–water partition coefficient (Wildman–Crippen LogP) is 1.90. The first-order valence-electron chi connectivity index (χ1n) is 6.87. The monoisotopic (exact) mass is 273 g/mol. The van der Waals surface area contributed by atoms with Crippen LogP contribution in [0.4, 0.5) is 0 Å². The Bertz CT molecular complexity index is 514. The molecule has 0 aliphatic rings. The molecule has 0 bridgehead atoms. The van der Waals surface area contributed by atoms with Crippen molar-refractivity contribution in [3.8, 4) is 11.8 Å². The van der Waals surface area contributed by atoms with E-state index in [4.69, 9.17) is 5.73 Å². The molecule has 1 unspecified atom stereocenters. The van der Waals surface area contributed by atoms with Crippen LogP contribution in [-0.4, -0.2) is 35.4 Å². The van der Waals surface area contributed by atoms with Gasteiger partial charge in [0.05, 0.1) is 17.7 Å². The molecule has 1 rings (SSSR count). The number of pyridine rings is 1. The number of hydrogen-bond donors (Lipinski definition) is 1. The number of amides is 1. The Hall–Kier alpha value is -1.86. The topological polar surface area (TPSA) is 59.2 Å². The largest absolute Gasteiger partial charge is 0.339 e. The predicted molar refractivity (Wildman–Crippen MR) is 81.2 cm³/mol. The minimum atomic E-state index is -0.0260. The van der Waals surface area contributed by atoms with E-state index in [9.17, 15) is 4.79 Å². The van der Waals surface area contributed by atoms with E-state index in [1.807, 2.05) is 7.05 Å². The van der Waals surface area contributed by atoms with Gasteiger partial charge < -0.3 is 10.6 Å². The molecule has 20 heavy (non-hydrogen) atoms. The molecule has 1 atom stereocenters. The summed E-state index contributed by atoms with van der Waals surface area (Å²) < 4.78 is 0. The normalized spacial score (nSPS) is 11.7. The average molecular weight is 273 g/mol. The first kappa shape index (κ1) is 16.2. The summed E-state index contributed by atoms with van der Waals surface area (Å²) in [7, 11) is 1.83. The highest BCUT2D eigenvalue weighted by Gasteiger charge is 2.20. The number of rotatable bonds is 4. The van der Waals surface area contributed by atoms with E-state index in [0.717, 1.165) is 6.42 Å². The fourth-order valence-electron chi connectivity index (χ4n) is 2.06. The molecule has 0 saturated heterocycles. The van der Waals surface area contributed by atoms with E-state index in [1.54, 1.807) is 23.4 Å². The molecule has 0 spiro atoms. The van der Waals surface area contributed by atoms with Gasteiger partial charge in [0, 0.05) is 25.5 Å². The molecule has 0 aliphatic heterocycles. The van der Waals surface area contributed by atoms with Gasteiger partial charge in [0.15, 0.2) is 0 Å². The van der Waals surface area contributed by atoms with Gasteiger partial charge >= 0.3 is 0 Å². The summed E-state index contributed by atoms with van der Waals surface area (Å²) >= 11 is 0. The number of carbonyl (C=O) groups excluding carboxylic acids is 1. The van der Waals surface area contributed by atoms with Crippen LogP contribution in [0.5, 0.6) is 0 Å². The smallest absolute Gasteiger partial charge is 0.255 e. The number of nitrogens with two attached hydrogens (primary N) is 1. The van der Waals surface area contributed by atoms with Crippen molar-refractivity contribution in [3.05, 3.63) is 29.6 Å². The summed E-state index contributed by atoms with van der Waals surface area (Å²) in [6.07, 6.45) is 4.19. The van der Waals surface area contributed by atoms with Gasteiger partial charge in [-0.25, -0.2) is 0 Å². The van der Waals surface area contributed by atoms with Crippen LogP contribution in [0, 0.1) is 17.8 Å². The lowest BCUT2D eigenvalue weighted by molar-refractivity contribution is 0.0728. The van der Waals surface area contributed by atoms with Crippen molar-refractivity contribution < 1.29 is 4.79 Å². The molecule has 1 aromatic rings. The molecule has 108 valence electrons. The van der Waals surface area contributed by atoms with Gasteiger partial charge in [-0.05, 0) is 25.3 Å². The van der Waals surface area contributed by atoms with Crippen LogP contribution in [-0.2, 0) is 0 Å². The molecule has 0 aromatic carbocycles. The van der Waals surface area contributed by atoms with Crippen LogP contribution in [0.1, 0.15) is 43.1 Å². The van der Waals surface area contributed by atoms with Gasteiger partial charge in [-0.3, -0.25) is 9.78 Å². The summed E-state index contributed by atoms with van der Waals surface area (Å²) in [5.74, 6) is 6.19. The van der Waals surface area contributed by atoms with Crippen LogP contribution >= 0.6 is 0 Å². The molecule has 1 aromatic heterocycles. The second-order valence-electron chi connectivity index (χ2n) is 5.32. The zero-order valence-corrected chi connectivity index (χ0v) is 12.7. The summed E-state index contributed by atoms with van der Waals surface area (Å²) in [6.45, 7) is 6.63. The van der Waals surface area contributed by atoms with Crippen molar-refractivity contribution in [1.82, 2.24) is 9.88 Å². The Morgan fingerprint density at radius 1 is 1.45 bits per heavy atom. The van der Waals surface area contributed by atoms with Crippen molar-refractivity contribution in [2.24, 2.45) is 11.7 Å². The lowest BCUT2D eigenvalue weighted by Gasteiger charge is -2.26. The Morgan fingerprint density at radius 2 is 2.15 bits per heavy atom. The number of aromatic nitrogens is 1. The van der Waals surface area contributed by atoms with Gasteiger partial charge in [0.1, 0.15) is 0 Å². The molecule has 2 N–H and O–H groups in total. The van der Waals surface area contributed by atoms with Gasteiger partial charge in [-0.1, -0.05) is 25.7 Å². The highest BCUT2D eigenvalue weighted by molar-refractivity contribution is 5.96. The molecule has 0 aliphatic carbocycles. The molecule has 0 saturated carbocycles. The van der Waals surface area contributed by atoms with Gasteiger partial charge in [-0.15, -0.1) is 0 Å². The van der Waals surface area contributed by atoms with Crippen molar-refractivity contribution in [3.63, 3.8) is 0 Å². The van der Waals surface area contributed by atoms with Crippen LogP contribution < -0.4 is 5.73 Å². The minimum absolute atomic E-state index is 0.0260. The lowest BCUT2D eigenvalue weighted by atomic mass is 10.0. The summed E-state index contributed by atoms with van der Waals surface area (Å²) in [6, 6.07) is 1.90. The van der Waals surface area contributed by atoms with Crippen LogP contribution in [0.2, 0.25) is 0 Å². The maximum atomic E-state index is 12.6. The molecule has 0 fully saturated rings. The van der Waals surface area contributed by atoms with E-state index in [1.165, 1.54) is 0 Å². The van der Waals surface area contributed by atoms with E-state index < -0.39 is 0 Å². The maximum absolute atomic E-state index is 12.6. The Balaban J connectivity index is 2.97. The number of hydrogen-bond acceptors (Lipinski definition) is 3. The van der Waals surface area contributed by atoms with Gasteiger partial charge in [0.2, 0.25) is 0 Å². The van der Waals surface area contributed by atoms with E-state index in [2.05, 4.69) is 37.6 Å². The molecule has 4 nitrogen and oxygen atoms in total. The quantitative estimate of drug-likeness (QED) is 0.852. The molecular weight excluding hydrogens is 250 g/mol. The first-order chi connectivity index (χ1) is 9.47. The van der Waals surface area contributed by atoms with Crippen LogP contribution in [0.25, 0.3) is 0 Å². The zero-order valence-electron chi connectivity index (χ0n) is 12.7. The van der Waals surface area contributed by atoms with Crippen LogP contribution in [0.3, 0.4) is 0 Å². The standard InChI is InChI=1S/C16H23N3O/c1-12(2)10-13(3)19(4)16(20)15-7-9-18-11-14(15)6-5-8-17/h7,9,11-13H,8,10,17H2,1-4H3. The van der Waals surface area contributed by atoms with Crippen LogP contribution in [0.15, 0.2) is 18.5 Å². The maximum Gasteiger partial charge on any atom is 0.255 e. The Kier molecular flexibility index (Phi) is 6.20. The minimum Gasteiger partial charge on any atom is -0.339 e. The molecule has 0 radical (unpaired) electrons. The zero-order chi connectivity index (χ0) is 15.1. The van der Waals surface area contributed by atoms with Crippen molar-refractivity contribution in [1.29, 1.82) is 0 Å². The highest BCUT2D eigenvalue weighted by atomic mass is 16.2. The third kappa shape index (κ3) is 4.36. The summed E-state index contributed by atoms with van der Waals surface area (Å²) in [5, 5.41) is 0. The fourth-order valence-corrected chi connectivity index (χ4v) is 2.06. The summed E-state index contributed by atoms with van der Waals surface area (Å²) in [5.41, 5.74) is 6.59. The first-order valence-corrected chi connectivity index (χ1v) is 6.87. The van der Waals surface area contributed by atoms with Crippen molar-refractivity contribution in [2.75, 3.05) is 13.6 Å². The fraction of sp³-hybridized carbons (Fsp3) is 0.500. The van der Waals surface area contributed by atoms with Gasteiger partial charge in [0.25, 0.3) is 5.91 Å². The molecule has 1 heterocycles. The third-order valence-electron chi connectivity index (χ3n) is 3.17. The highest BCUT2D eigenvalue weighted by Crippen LogP contribution is 2.15. The Labute approximate surface area is 121 Å². The second-order valence-corrected chi connectivity index (χ2v) is 5.32. The average Bonchev–Trinajstić information content (AvgIpc) is 2.43. The summed E-state index contributed by atoms with van der Waals surface area (Å²) in [4.78, 5) is 18.3. The van der Waals surface area contributed by atoms with E-state index >= 15 is 0 Å². The molecule has 4 heteroatoms. The third-order valence-corrected chi connectivity index (χ3v) is 3.17. The molecular formula is C16H23N3O. The lowest BCUT2D eigenvalue weighted by Crippen LogP contribution is -2.36. The SMILES string of the molecule is CC(C)CC(C)N(C)C(=O)c1ccncc1C#CCN. The van der Waals surface area contributed by atoms with Crippen molar-refractivity contribution >= 4 is 5.91 Å². The van der Waals surface area contributed by atoms with Gasteiger partial charge in [-0.2, -0.15) is 0 Å². The van der Waals surface area contributed by atoms with Crippen molar-refractivity contribution in [2.45, 2.75) is 33.2 Å². The molecule has 1 amide bonds. The van der Waals surface area contributed by atoms with E-state index in [0.29, 0.717) is 17.0 Å². The second kappa shape index (κ2) is 7.66. The Morgan fingerprint density at radius 3 is 2.75 bits per heavy atom. The van der Waals surface area contributed by atoms with E-state index in [-0.39, 0.29) is 18.5 Å². The number of carbonyl (C=O) groups is 1.